The third kappa shape index (κ3) is 7.39. The van der Waals surface area contributed by atoms with E-state index in [1.54, 1.807) is 4.90 Å². The minimum Gasteiger partial charge on any atom is -0.483 e. The Morgan fingerprint density at radius 3 is 2.29 bits per heavy atom. The minimum atomic E-state index is -0.564. The molecule has 5 nitrogen and oxygen atoms in total. The molecule has 0 heterocycles. The Hall–Kier alpha value is -2.34. The molecule has 0 aliphatic rings. The Labute approximate surface area is 194 Å². The van der Waals surface area contributed by atoms with Gasteiger partial charge in [-0.2, -0.15) is 0 Å². The summed E-state index contributed by atoms with van der Waals surface area (Å²) in [5, 5.41) is 2.93. The number of halogens is 1. The van der Waals surface area contributed by atoms with E-state index in [4.69, 9.17) is 4.74 Å². The molecule has 0 aromatic heterocycles. The van der Waals surface area contributed by atoms with Gasteiger partial charge in [-0.05, 0) is 65.4 Å². The van der Waals surface area contributed by atoms with Crippen LogP contribution in [0.3, 0.4) is 0 Å². The average Bonchev–Trinajstić information content (AvgIpc) is 2.72. The highest BCUT2D eigenvalue weighted by Gasteiger charge is 2.29. The van der Waals surface area contributed by atoms with Gasteiger partial charge in [0.1, 0.15) is 11.8 Å². The second kappa shape index (κ2) is 11.9. The van der Waals surface area contributed by atoms with Crippen LogP contribution in [-0.4, -0.2) is 35.4 Å². The second-order valence-electron chi connectivity index (χ2n) is 8.23. The van der Waals surface area contributed by atoms with E-state index >= 15 is 0 Å². The van der Waals surface area contributed by atoms with Gasteiger partial charge < -0.3 is 15.0 Å². The first-order valence-corrected chi connectivity index (χ1v) is 11.6. The Kier molecular flexibility index (Phi) is 9.56. The van der Waals surface area contributed by atoms with Crippen LogP contribution in [-0.2, 0) is 16.1 Å². The standard InChI is InChI=1S/C25H33BrN2O3/c1-6-22(25(30)27-18(4)5)28(15-19-10-8-7-9-11-19)24(29)16-31-23-13-12-20(17(2)3)14-21(23)26/h7-14,17-18,22H,6,15-16H2,1-5H3,(H,27,30)/t22-/m1/s1. The van der Waals surface area contributed by atoms with Gasteiger partial charge in [0.2, 0.25) is 5.91 Å². The molecule has 1 N–H and O–H groups in total. The normalized spacial score (nSPS) is 12.0. The molecule has 0 unspecified atom stereocenters. The van der Waals surface area contributed by atoms with Crippen LogP contribution in [0.15, 0.2) is 53.0 Å². The lowest BCUT2D eigenvalue weighted by Gasteiger charge is -2.31. The predicted molar refractivity (Wildman–Crippen MR) is 128 cm³/mol. The summed E-state index contributed by atoms with van der Waals surface area (Å²) < 4.78 is 6.65. The zero-order valence-corrected chi connectivity index (χ0v) is 20.6. The van der Waals surface area contributed by atoms with Crippen LogP contribution in [0.5, 0.6) is 5.75 Å². The third-order valence-electron chi connectivity index (χ3n) is 4.99. The molecule has 0 radical (unpaired) electrons. The number of benzene rings is 2. The van der Waals surface area contributed by atoms with Crippen LogP contribution in [0, 0.1) is 0 Å². The molecule has 168 valence electrons. The van der Waals surface area contributed by atoms with Crippen LogP contribution in [0.25, 0.3) is 0 Å². The van der Waals surface area contributed by atoms with Crippen molar-refractivity contribution in [1.29, 1.82) is 0 Å². The number of carbonyl (C=O) groups is 2. The zero-order valence-electron chi connectivity index (χ0n) is 19.0. The van der Waals surface area contributed by atoms with Crippen molar-refractivity contribution >= 4 is 27.7 Å². The molecule has 2 aromatic carbocycles. The van der Waals surface area contributed by atoms with E-state index in [2.05, 4.69) is 35.1 Å². The van der Waals surface area contributed by atoms with E-state index in [1.807, 2.05) is 69.3 Å². The van der Waals surface area contributed by atoms with E-state index in [9.17, 15) is 9.59 Å². The number of nitrogens with one attached hydrogen (secondary N) is 1. The summed E-state index contributed by atoms with van der Waals surface area (Å²) >= 11 is 3.54. The Bertz CT molecular complexity index is 868. The van der Waals surface area contributed by atoms with Crippen molar-refractivity contribution in [1.82, 2.24) is 10.2 Å². The highest BCUT2D eigenvalue weighted by Crippen LogP contribution is 2.29. The Morgan fingerprint density at radius 1 is 1.06 bits per heavy atom. The molecule has 6 heteroatoms. The molecular formula is C25H33BrN2O3. The fourth-order valence-electron chi connectivity index (χ4n) is 3.30. The van der Waals surface area contributed by atoms with Gasteiger partial charge in [0.05, 0.1) is 4.47 Å². The molecular weight excluding hydrogens is 456 g/mol. The van der Waals surface area contributed by atoms with Gasteiger partial charge in [-0.25, -0.2) is 0 Å². The van der Waals surface area contributed by atoms with E-state index in [0.717, 1.165) is 10.0 Å². The second-order valence-corrected chi connectivity index (χ2v) is 9.08. The number of amides is 2. The van der Waals surface area contributed by atoms with Crippen molar-refractivity contribution in [2.24, 2.45) is 0 Å². The number of ether oxygens (including phenoxy) is 1. The molecule has 0 saturated heterocycles. The van der Waals surface area contributed by atoms with Gasteiger partial charge >= 0.3 is 0 Å². The topological polar surface area (TPSA) is 58.6 Å². The highest BCUT2D eigenvalue weighted by atomic mass is 79.9. The van der Waals surface area contributed by atoms with Crippen molar-refractivity contribution < 1.29 is 14.3 Å². The lowest BCUT2D eigenvalue weighted by molar-refractivity contribution is -0.143. The summed E-state index contributed by atoms with van der Waals surface area (Å²) in [7, 11) is 0. The fourth-order valence-corrected chi connectivity index (χ4v) is 3.81. The first-order valence-electron chi connectivity index (χ1n) is 10.8. The number of hydrogen-bond donors (Lipinski definition) is 1. The van der Waals surface area contributed by atoms with Gasteiger partial charge in [-0.3, -0.25) is 9.59 Å². The predicted octanol–water partition coefficient (Wildman–Crippen LogP) is 5.28. The zero-order chi connectivity index (χ0) is 23.0. The van der Waals surface area contributed by atoms with E-state index < -0.39 is 6.04 Å². The molecule has 0 aliphatic carbocycles. The van der Waals surface area contributed by atoms with Crippen molar-refractivity contribution in [3.8, 4) is 5.75 Å². The Morgan fingerprint density at radius 2 is 1.74 bits per heavy atom. The van der Waals surface area contributed by atoms with Crippen LogP contribution in [0.2, 0.25) is 0 Å². The number of nitrogens with zero attached hydrogens (tertiary/aromatic N) is 1. The quantitative estimate of drug-likeness (QED) is 0.494. The van der Waals surface area contributed by atoms with Gasteiger partial charge in [-0.15, -0.1) is 0 Å². The van der Waals surface area contributed by atoms with E-state index in [0.29, 0.717) is 24.6 Å². The molecule has 1 atom stereocenters. The SMILES string of the molecule is CC[C@H](C(=O)NC(C)C)N(Cc1ccccc1)C(=O)COc1ccc(C(C)C)cc1Br. The minimum absolute atomic E-state index is 0.00176. The molecule has 0 fully saturated rings. The van der Waals surface area contributed by atoms with Crippen molar-refractivity contribution in [2.45, 2.75) is 65.6 Å². The lowest BCUT2D eigenvalue weighted by Crippen LogP contribution is -2.51. The van der Waals surface area contributed by atoms with Crippen LogP contribution >= 0.6 is 15.9 Å². The highest BCUT2D eigenvalue weighted by molar-refractivity contribution is 9.10. The van der Waals surface area contributed by atoms with Gasteiger partial charge in [0, 0.05) is 12.6 Å². The summed E-state index contributed by atoms with van der Waals surface area (Å²) in [5.41, 5.74) is 2.15. The maximum Gasteiger partial charge on any atom is 0.261 e. The summed E-state index contributed by atoms with van der Waals surface area (Å²) in [6, 6.07) is 15.0. The summed E-state index contributed by atoms with van der Waals surface area (Å²) in [6.07, 6.45) is 0.518. The molecule has 0 bridgehead atoms. The monoisotopic (exact) mass is 488 g/mol. The smallest absolute Gasteiger partial charge is 0.261 e. The maximum absolute atomic E-state index is 13.2. The first-order chi connectivity index (χ1) is 14.7. The van der Waals surface area contributed by atoms with E-state index in [1.165, 1.54) is 5.56 Å². The van der Waals surface area contributed by atoms with Gasteiger partial charge in [0.25, 0.3) is 5.91 Å². The fraction of sp³-hybridized carbons (Fsp3) is 0.440. The largest absolute Gasteiger partial charge is 0.483 e. The van der Waals surface area contributed by atoms with Crippen LogP contribution in [0.4, 0.5) is 0 Å². The molecule has 2 amide bonds. The lowest BCUT2D eigenvalue weighted by atomic mass is 10.0. The van der Waals surface area contributed by atoms with Gasteiger partial charge in [0.15, 0.2) is 6.61 Å². The van der Waals surface area contributed by atoms with Crippen molar-refractivity contribution in [2.75, 3.05) is 6.61 Å². The van der Waals surface area contributed by atoms with Crippen LogP contribution in [0.1, 0.15) is 58.1 Å². The summed E-state index contributed by atoms with van der Waals surface area (Å²) in [5.74, 6) is 0.633. The average molecular weight is 489 g/mol. The first kappa shape index (κ1) is 24.9. The van der Waals surface area contributed by atoms with E-state index in [-0.39, 0.29) is 24.5 Å². The summed E-state index contributed by atoms with van der Waals surface area (Å²) in [6.45, 7) is 10.2. The molecule has 31 heavy (non-hydrogen) atoms. The molecule has 0 spiro atoms. The molecule has 0 aliphatic heterocycles. The summed E-state index contributed by atoms with van der Waals surface area (Å²) in [4.78, 5) is 27.6. The molecule has 2 aromatic rings. The number of carbonyl (C=O) groups excluding carboxylic acids is 2. The number of hydrogen-bond acceptors (Lipinski definition) is 3. The van der Waals surface area contributed by atoms with Crippen molar-refractivity contribution in [3.63, 3.8) is 0 Å². The third-order valence-corrected chi connectivity index (χ3v) is 5.61. The Balaban J connectivity index is 2.20. The van der Waals surface area contributed by atoms with Crippen LogP contribution < -0.4 is 10.1 Å². The number of rotatable bonds is 10. The van der Waals surface area contributed by atoms with Gasteiger partial charge in [-0.1, -0.05) is 57.2 Å². The maximum atomic E-state index is 13.2. The molecule has 2 rings (SSSR count). The van der Waals surface area contributed by atoms with Crippen molar-refractivity contribution in [3.05, 3.63) is 64.1 Å². The molecule has 0 saturated carbocycles.